The number of ether oxygens (including phenoxy) is 1. The molecule has 2 N–H and O–H groups in total. The molecule has 0 aliphatic rings. The Kier molecular flexibility index (Phi) is 3.92. The number of aromatic amines is 1. The van der Waals surface area contributed by atoms with Crippen LogP contribution in [0, 0.1) is 0 Å². The van der Waals surface area contributed by atoms with Crippen LogP contribution in [0.25, 0.3) is 12.2 Å². The molecule has 0 saturated carbocycles. The number of rotatable bonds is 4. The first kappa shape index (κ1) is 14.6. The first-order valence-electron chi connectivity index (χ1n) is 5.53. The highest BCUT2D eigenvalue weighted by atomic mass is 19.4. The van der Waals surface area contributed by atoms with Crippen LogP contribution in [0.15, 0.2) is 24.3 Å². The topological polar surface area (TPSA) is 88.1 Å². The van der Waals surface area contributed by atoms with E-state index >= 15 is 0 Å². The predicted molar refractivity (Wildman–Crippen MR) is 65.4 cm³/mol. The minimum absolute atomic E-state index is 0.179. The van der Waals surface area contributed by atoms with Gasteiger partial charge in [0.05, 0.1) is 5.69 Å². The van der Waals surface area contributed by atoms with Crippen LogP contribution in [-0.4, -0.2) is 32.8 Å². The molecule has 2 aromatic rings. The molecule has 0 radical (unpaired) electrons. The van der Waals surface area contributed by atoms with Crippen molar-refractivity contribution < 1.29 is 27.8 Å². The van der Waals surface area contributed by atoms with Gasteiger partial charge in [-0.2, -0.15) is 0 Å². The first-order valence-corrected chi connectivity index (χ1v) is 5.53. The van der Waals surface area contributed by atoms with Crippen LogP contribution in [0.2, 0.25) is 0 Å². The summed E-state index contributed by atoms with van der Waals surface area (Å²) in [6.07, 6.45) is -1.84. The number of aromatic nitrogens is 3. The summed E-state index contributed by atoms with van der Waals surface area (Å²) in [6, 6.07) is 5.08. The van der Waals surface area contributed by atoms with Crippen LogP contribution in [-0.2, 0) is 0 Å². The Bertz CT molecular complexity index is 662. The van der Waals surface area contributed by atoms with Gasteiger partial charge in [0.15, 0.2) is 5.69 Å². The van der Waals surface area contributed by atoms with Crippen molar-refractivity contribution in [3.05, 3.63) is 41.2 Å². The maximum atomic E-state index is 12.0. The number of alkyl halides is 3. The third-order valence-electron chi connectivity index (χ3n) is 2.33. The van der Waals surface area contributed by atoms with Crippen LogP contribution in [0.4, 0.5) is 13.2 Å². The Morgan fingerprint density at radius 1 is 1.24 bits per heavy atom. The number of benzene rings is 1. The van der Waals surface area contributed by atoms with Crippen molar-refractivity contribution in [1.29, 1.82) is 0 Å². The number of nitrogens with zero attached hydrogens (tertiary/aromatic N) is 2. The van der Waals surface area contributed by atoms with Crippen molar-refractivity contribution >= 4 is 18.1 Å². The molecule has 0 aliphatic carbocycles. The van der Waals surface area contributed by atoms with Crippen molar-refractivity contribution in [2.75, 3.05) is 0 Å². The Balaban J connectivity index is 2.11. The van der Waals surface area contributed by atoms with E-state index in [9.17, 15) is 18.0 Å². The predicted octanol–water partition coefficient (Wildman–Crippen LogP) is 2.57. The van der Waals surface area contributed by atoms with E-state index < -0.39 is 12.3 Å². The van der Waals surface area contributed by atoms with Gasteiger partial charge in [-0.1, -0.05) is 23.4 Å². The van der Waals surface area contributed by atoms with E-state index in [1.54, 1.807) is 0 Å². The van der Waals surface area contributed by atoms with Gasteiger partial charge in [-0.15, -0.1) is 18.3 Å². The monoisotopic (exact) mass is 299 g/mol. The molecular formula is C12H8F3N3O3. The maximum absolute atomic E-state index is 12.0. The lowest BCUT2D eigenvalue weighted by Crippen LogP contribution is -2.16. The third kappa shape index (κ3) is 4.06. The van der Waals surface area contributed by atoms with Gasteiger partial charge in [0.1, 0.15) is 5.75 Å². The number of hydrogen-bond donors (Lipinski definition) is 2. The summed E-state index contributed by atoms with van der Waals surface area (Å²) in [5, 5.41) is 18.0. The standard InChI is InChI=1S/C12H8F3N3O3/c13-12(14,15)21-8-4-1-7(2-5-8)3-6-9-10(11(19)20)17-18-16-9/h1-6H,(H,19,20)(H,16,17,18). The summed E-state index contributed by atoms with van der Waals surface area (Å²) >= 11 is 0. The zero-order chi connectivity index (χ0) is 15.5. The van der Waals surface area contributed by atoms with Crippen LogP contribution < -0.4 is 4.74 Å². The van der Waals surface area contributed by atoms with E-state index in [4.69, 9.17) is 5.11 Å². The molecular weight excluding hydrogens is 291 g/mol. The smallest absolute Gasteiger partial charge is 0.476 e. The fourth-order valence-corrected chi connectivity index (χ4v) is 1.47. The molecule has 0 atom stereocenters. The minimum atomic E-state index is -4.74. The summed E-state index contributed by atoms with van der Waals surface area (Å²) in [5.74, 6) is -1.58. The van der Waals surface area contributed by atoms with Crippen LogP contribution in [0.5, 0.6) is 5.75 Å². The molecule has 21 heavy (non-hydrogen) atoms. The molecule has 6 nitrogen and oxygen atoms in total. The van der Waals surface area contributed by atoms with Gasteiger partial charge in [0.25, 0.3) is 0 Å². The number of carboxylic acids is 1. The number of carbonyl (C=O) groups is 1. The second-order valence-electron chi connectivity index (χ2n) is 3.83. The third-order valence-corrected chi connectivity index (χ3v) is 2.33. The fraction of sp³-hybridized carbons (Fsp3) is 0.0833. The van der Waals surface area contributed by atoms with E-state index in [1.807, 2.05) is 0 Å². The Labute approximate surface area is 115 Å². The molecule has 0 spiro atoms. The molecule has 0 aliphatic heterocycles. The number of H-pyrrole nitrogens is 1. The van der Waals surface area contributed by atoms with Gasteiger partial charge in [-0.05, 0) is 23.8 Å². The molecule has 0 saturated heterocycles. The van der Waals surface area contributed by atoms with Crippen LogP contribution in [0.1, 0.15) is 21.7 Å². The van der Waals surface area contributed by atoms with Gasteiger partial charge >= 0.3 is 12.3 Å². The van der Waals surface area contributed by atoms with E-state index in [2.05, 4.69) is 20.1 Å². The molecule has 0 bridgehead atoms. The van der Waals surface area contributed by atoms with E-state index in [0.717, 1.165) is 12.1 Å². The SMILES string of the molecule is O=C(O)c1nn[nH]c1C=Cc1ccc(OC(F)(F)F)cc1. The minimum Gasteiger partial charge on any atom is -0.476 e. The second-order valence-corrected chi connectivity index (χ2v) is 3.83. The Morgan fingerprint density at radius 2 is 1.90 bits per heavy atom. The summed E-state index contributed by atoms with van der Waals surface area (Å²) in [4.78, 5) is 10.8. The Hall–Kier alpha value is -2.84. The zero-order valence-corrected chi connectivity index (χ0v) is 10.3. The van der Waals surface area contributed by atoms with Gasteiger partial charge in [-0.3, -0.25) is 5.10 Å². The average Bonchev–Trinajstić information content (AvgIpc) is 2.84. The van der Waals surface area contributed by atoms with Crippen LogP contribution >= 0.6 is 0 Å². The summed E-state index contributed by atoms with van der Waals surface area (Å²) in [5.41, 5.74) is 0.483. The Morgan fingerprint density at radius 3 is 2.48 bits per heavy atom. The number of nitrogens with one attached hydrogen (secondary N) is 1. The summed E-state index contributed by atoms with van der Waals surface area (Å²) < 4.78 is 39.7. The molecule has 9 heteroatoms. The van der Waals surface area contributed by atoms with Crippen molar-refractivity contribution in [2.45, 2.75) is 6.36 Å². The van der Waals surface area contributed by atoms with Gasteiger partial charge in [-0.25, -0.2) is 4.79 Å². The van der Waals surface area contributed by atoms with Crippen molar-refractivity contribution in [1.82, 2.24) is 15.4 Å². The number of hydrogen-bond acceptors (Lipinski definition) is 4. The summed E-state index contributed by atoms with van der Waals surface area (Å²) in [6.45, 7) is 0. The van der Waals surface area contributed by atoms with Gasteiger partial charge < -0.3 is 9.84 Å². The molecule has 1 heterocycles. The maximum Gasteiger partial charge on any atom is 0.573 e. The van der Waals surface area contributed by atoms with Crippen molar-refractivity contribution in [3.63, 3.8) is 0 Å². The van der Waals surface area contributed by atoms with Gasteiger partial charge in [0.2, 0.25) is 0 Å². The number of aromatic carboxylic acids is 1. The first-order chi connectivity index (χ1) is 9.85. The summed E-state index contributed by atoms with van der Waals surface area (Å²) in [7, 11) is 0. The fourth-order valence-electron chi connectivity index (χ4n) is 1.47. The molecule has 0 amide bonds. The average molecular weight is 299 g/mol. The highest BCUT2D eigenvalue weighted by molar-refractivity contribution is 5.90. The molecule has 0 unspecified atom stereocenters. The molecule has 110 valence electrons. The highest BCUT2D eigenvalue weighted by Crippen LogP contribution is 2.23. The second kappa shape index (κ2) is 5.65. The largest absolute Gasteiger partial charge is 0.573 e. The quantitative estimate of drug-likeness (QED) is 0.906. The molecule has 0 fully saturated rings. The van der Waals surface area contributed by atoms with E-state index in [-0.39, 0.29) is 17.1 Å². The lowest BCUT2D eigenvalue weighted by molar-refractivity contribution is -0.274. The lowest BCUT2D eigenvalue weighted by atomic mass is 10.2. The highest BCUT2D eigenvalue weighted by Gasteiger charge is 2.30. The molecule has 1 aromatic heterocycles. The lowest BCUT2D eigenvalue weighted by Gasteiger charge is -2.08. The molecule has 1 aromatic carbocycles. The number of halogens is 3. The van der Waals surface area contributed by atoms with Crippen molar-refractivity contribution in [2.24, 2.45) is 0 Å². The molecule has 2 rings (SSSR count). The van der Waals surface area contributed by atoms with Crippen molar-refractivity contribution in [3.8, 4) is 5.75 Å². The van der Waals surface area contributed by atoms with Gasteiger partial charge in [0, 0.05) is 0 Å². The van der Waals surface area contributed by atoms with E-state index in [0.29, 0.717) is 5.56 Å². The number of carboxylic acid groups (broad SMARTS) is 1. The zero-order valence-electron chi connectivity index (χ0n) is 10.3. The van der Waals surface area contributed by atoms with E-state index in [1.165, 1.54) is 24.3 Å². The normalized spacial score (nSPS) is 11.8. The van der Waals surface area contributed by atoms with Crippen LogP contribution in [0.3, 0.4) is 0 Å².